The number of carbonyl (C=O) groups excluding carboxylic acids is 1. The molecule has 1 aromatic heterocycles. The molecule has 9 heteroatoms. The number of aromatic nitrogens is 2. The van der Waals surface area contributed by atoms with Crippen LogP contribution in [0.15, 0.2) is 30.5 Å². The van der Waals surface area contributed by atoms with Gasteiger partial charge in [-0.15, -0.1) is 13.2 Å². The van der Waals surface area contributed by atoms with Gasteiger partial charge in [-0.1, -0.05) is 6.07 Å². The zero-order chi connectivity index (χ0) is 16.4. The van der Waals surface area contributed by atoms with Gasteiger partial charge in [-0.05, 0) is 12.1 Å². The number of imidazole rings is 1. The minimum atomic E-state index is -4.77. The lowest BCUT2D eigenvalue weighted by atomic mass is 10.3. The van der Waals surface area contributed by atoms with Crippen LogP contribution in [-0.4, -0.2) is 27.6 Å². The molecule has 0 atom stereocenters. The second kappa shape index (κ2) is 6.15. The van der Waals surface area contributed by atoms with Crippen LogP contribution in [0.4, 0.5) is 18.9 Å². The number of nitrogens with zero attached hydrogens (tertiary/aromatic N) is 2. The number of ether oxygens (including phenoxy) is 1. The lowest BCUT2D eigenvalue weighted by Crippen LogP contribution is -2.17. The fourth-order valence-electron chi connectivity index (χ4n) is 2.16. The van der Waals surface area contributed by atoms with Gasteiger partial charge in [-0.25, -0.2) is 4.98 Å². The van der Waals surface area contributed by atoms with Crippen molar-refractivity contribution in [1.29, 1.82) is 0 Å². The smallest absolute Gasteiger partial charge is 0.406 e. The summed E-state index contributed by atoms with van der Waals surface area (Å²) in [5.41, 5.74) is 0.446. The maximum Gasteiger partial charge on any atom is 0.573 e. The number of amides is 1. The largest absolute Gasteiger partial charge is 0.573 e. The third-order valence-electron chi connectivity index (χ3n) is 3.12. The van der Waals surface area contributed by atoms with E-state index in [1.54, 1.807) is 18.0 Å². The normalized spacial score (nSPS) is 14.2. The van der Waals surface area contributed by atoms with Gasteiger partial charge in [0.15, 0.2) is 0 Å². The van der Waals surface area contributed by atoms with Crippen molar-refractivity contribution in [2.75, 3.05) is 11.1 Å². The average Bonchev–Trinajstić information content (AvgIpc) is 2.90. The Morgan fingerprint density at radius 2 is 2.22 bits per heavy atom. The molecular formula is C14H12F3N3O2S. The van der Waals surface area contributed by atoms with E-state index in [9.17, 15) is 18.0 Å². The number of alkyl halides is 3. The second-order valence-corrected chi connectivity index (χ2v) is 5.92. The van der Waals surface area contributed by atoms with Crippen molar-refractivity contribution in [2.45, 2.75) is 18.7 Å². The van der Waals surface area contributed by atoms with Crippen LogP contribution in [0, 0.1) is 0 Å². The highest BCUT2D eigenvalue weighted by molar-refractivity contribution is 7.98. The van der Waals surface area contributed by atoms with Crippen molar-refractivity contribution in [2.24, 2.45) is 0 Å². The third-order valence-corrected chi connectivity index (χ3v) is 4.06. The van der Waals surface area contributed by atoms with Gasteiger partial charge in [0, 0.05) is 30.2 Å². The number of hydrogen-bond donors (Lipinski definition) is 1. The summed E-state index contributed by atoms with van der Waals surface area (Å²) in [6.07, 6.45) is -3.12. The molecule has 0 spiro atoms. The molecule has 5 nitrogen and oxygen atoms in total. The summed E-state index contributed by atoms with van der Waals surface area (Å²) in [6, 6.07) is 5.12. The fourth-order valence-corrected chi connectivity index (χ4v) is 3.05. The van der Waals surface area contributed by atoms with E-state index in [2.05, 4.69) is 15.0 Å². The molecule has 0 saturated carbocycles. The quantitative estimate of drug-likeness (QED) is 0.929. The summed E-state index contributed by atoms with van der Waals surface area (Å²) >= 11 is 1.74. The van der Waals surface area contributed by atoms with Crippen molar-refractivity contribution in [3.8, 4) is 5.75 Å². The highest BCUT2D eigenvalue weighted by Gasteiger charge is 2.31. The lowest BCUT2D eigenvalue weighted by molar-refractivity contribution is -0.274. The number of aryl methyl sites for hydroxylation is 1. The minimum Gasteiger partial charge on any atom is -0.406 e. The van der Waals surface area contributed by atoms with E-state index in [0.29, 0.717) is 0 Å². The molecule has 0 saturated heterocycles. The number of rotatable bonds is 3. The maximum atomic E-state index is 12.2. The van der Waals surface area contributed by atoms with Crippen LogP contribution in [0.1, 0.15) is 16.3 Å². The summed E-state index contributed by atoms with van der Waals surface area (Å²) in [4.78, 5) is 16.4. The molecule has 0 bridgehead atoms. The van der Waals surface area contributed by atoms with Gasteiger partial charge >= 0.3 is 6.36 Å². The standard InChI is InChI=1S/C14H12F3N3O2S/c15-14(16,17)22-10-3-1-2-9(6-10)18-13(21)11-7-20-4-5-23-8-12(20)19-11/h1-3,6-7H,4-5,8H2,(H,18,21). The Labute approximate surface area is 133 Å². The van der Waals surface area contributed by atoms with E-state index >= 15 is 0 Å². The van der Waals surface area contributed by atoms with E-state index in [1.807, 2.05) is 4.57 Å². The zero-order valence-corrected chi connectivity index (χ0v) is 12.6. The van der Waals surface area contributed by atoms with Gasteiger partial charge in [0.2, 0.25) is 0 Å². The Bertz CT molecular complexity index is 707. The molecule has 2 heterocycles. The lowest BCUT2D eigenvalue weighted by Gasteiger charge is -2.11. The topological polar surface area (TPSA) is 56.1 Å². The molecule has 0 radical (unpaired) electrons. The van der Waals surface area contributed by atoms with Gasteiger partial charge in [0.05, 0.1) is 5.75 Å². The molecule has 1 aromatic carbocycles. The first kappa shape index (κ1) is 15.7. The first-order chi connectivity index (χ1) is 10.9. The predicted molar refractivity (Wildman–Crippen MR) is 79.5 cm³/mol. The maximum absolute atomic E-state index is 12.2. The van der Waals surface area contributed by atoms with Crippen LogP contribution in [0.5, 0.6) is 5.75 Å². The van der Waals surface area contributed by atoms with E-state index in [-0.39, 0.29) is 11.4 Å². The Morgan fingerprint density at radius 1 is 1.39 bits per heavy atom. The van der Waals surface area contributed by atoms with Crippen molar-refractivity contribution in [1.82, 2.24) is 9.55 Å². The van der Waals surface area contributed by atoms with E-state index < -0.39 is 18.0 Å². The Morgan fingerprint density at radius 3 is 2.96 bits per heavy atom. The molecule has 1 N–H and O–H groups in total. The van der Waals surface area contributed by atoms with Crippen molar-refractivity contribution >= 4 is 23.4 Å². The van der Waals surface area contributed by atoms with Crippen LogP contribution in [0.3, 0.4) is 0 Å². The van der Waals surface area contributed by atoms with Crippen molar-refractivity contribution in [3.05, 3.63) is 42.0 Å². The number of anilines is 1. The highest BCUT2D eigenvalue weighted by Crippen LogP contribution is 2.25. The molecule has 0 aliphatic carbocycles. The van der Waals surface area contributed by atoms with Crippen LogP contribution < -0.4 is 10.1 Å². The van der Waals surface area contributed by atoms with Crippen LogP contribution in [0.2, 0.25) is 0 Å². The molecule has 1 amide bonds. The zero-order valence-electron chi connectivity index (χ0n) is 11.8. The van der Waals surface area contributed by atoms with Gasteiger partial charge in [0.25, 0.3) is 5.91 Å². The van der Waals surface area contributed by atoms with Crippen LogP contribution >= 0.6 is 11.8 Å². The number of hydrogen-bond acceptors (Lipinski definition) is 4. The molecule has 1 aliphatic rings. The van der Waals surface area contributed by atoms with E-state index in [4.69, 9.17) is 0 Å². The van der Waals surface area contributed by atoms with Gasteiger partial charge in [0.1, 0.15) is 17.3 Å². The molecule has 0 unspecified atom stereocenters. The number of benzene rings is 1. The number of nitrogens with one attached hydrogen (secondary N) is 1. The fraction of sp³-hybridized carbons (Fsp3) is 0.286. The molecule has 1 aliphatic heterocycles. The summed E-state index contributed by atoms with van der Waals surface area (Å²) < 4.78 is 42.4. The van der Waals surface area contributed by atoms with Gasteiger partial charge in [-0.3, -0.25) is 4.79 Å². The number of fused-ring (bicyclic) bond motifs is 1. The molecule has 0 fully saturated rings. The van der Waals surface area contributed by atoms with Crippen molar-refractivity contribution < 1.29 is 22.7 Å². The van der Waals surface area contributed by atoms with Gasteiger partial charge in [-0.2, -0.15) is 11.8 Å². The summed E-state index contributed by atoms with van der Waals surface area (Å²) in [5, 5.41) is 2.52. The predicted octanol–water partition coefficient (Wildman–Crippen LogP) is 3.28. The monoisotopic (exact) mass is 343 g/mol. The van der Waals surface area contributed by atoms with Crippen molar-refractivity contribution in [3.63, 3.8) is 0 Å². The van der Waals surface area contributed by atoms with Crippen LogP contribution in [0.25, 0.3) is 0 Å². The Balaban J connectivity index is 1.72. The molecule has 23 heavy (non-hydrogen) atoms. The van der Waals surface area contributed by atoms with Gasteiger partial charge < -0.3 is 14.6 Å². The summed E-state index contributed by atoms with van der Waals surface area (Å²) in [7, 11) is 0. The summed E-state index contributed by atoms with van der Waals surface area (Å²) in [5.74, 6) is 1.65. The van der Waals surface area contributed by atoms with Crippen LogP contribution in [-0.2, 0) is 12.3 Å². The number of halogens is 3. The number of thioether (sulfide) groups is 1. The molecular weight excluding hydrogens is 331 g/mol. The number of carbonyl (C=O) groups is 1. The minimum absolute atomic E-state index is 0.206. The molecule has 122 valence electrons. The highest BCUT2D eigenvalue weighted by atomic mass is 32.2. The molecule has 3 rings (SSSR count). The average molecular weight is 343 g/mol. The first-order valence-electron chi connectivity index (χ1n) is 6.72. The SMILES string of the molecule is O=C(Nc1cccc(OC(F)(F)F)c1)c1cn2c(n1)CSCC2. The Hall–Kier alpha value is -2.16. The van der Waals surface area contributed by atoms with E-state index in [0.717, 1.165) is 36.0 Å². The molecule has 2 aromatic rings. The summed E-state index contributed by atoms with van der Waals surface area (Å²) in [6.45, 7) is 0.787. The Kier molecular flexibility index (Phi) is 4.20. The second-order valence-electron chi connectivity index (χ2n) is 4.82. The van der Waals surface area contributed by atoms with E-state index in [1.165, 1.54) is 12.1 Å². The third kappa shape index (κ3) is 3.98. The first-order valence-corrected chi connectivity index (χ1v) is 7.87.